The molecule has 3 nitrogen and oxygen atoms in total. The first-order valence-corrected chi connectivity index (χ1v) is 6.60. The summed E-state index contributed by atoms with van der Waals surface area (Å²) in [6.07, 6.45) is 9.49. The van der Waals surface area contributed by atoms with Crippen molar-refractivity contribution in [2.24, 2.45) is 5.92 Å². The molecular weight excluding hydrogens is 210 g/mol. The fourth-order valence-electron chi connectivity index (χ4n) is 2.80. The van der Waals surface area contributed by atoms with Crippen LogP contribution in [0.4, 0.5) is 5.69 Å². The van der Waals surface area contributed by atoms with Gasteiger partial charge >= 0.3 is 0 Å². The van der Waals surface area contributed by atoms with Crippen LogP contribution in [0.2, 0.25) is 0 Å². The maximum Gasteiger partial charge on any atom is 0.0440 e. The van der Waals surface area contributed by atoms with E-state index in [0.717, 1.165) is 12.5 Å². The second-order valence-electron chi connectivity index (χ2n) is 5.07. The summed E-state index contributed by atoms with van der Waals surface area (Å²) >= 11 is 0. The Morgan fingerprint density at radius 2 is 2.18 bits per heavy atom. The van der Waals surface area contributed by atoms with Gasteiger partial charge in [0.25, 0.3) is 0 Å². The second-order valence-corrected chi connectivity index (χ2v) is 5.07. The molecule has 1 aromatic heterocycles. The number of nitrogens with one attached hydrogen (secondary N) is 1. The summed E-state index contributed by atoms with van der Waals surface area (Å²) in [6, 6.07) is 2.13. The fourth-order valence-corrected chi connectivity index (χ4v) is 2.80. The molecule has 1 aromatic rings. The van der Waals surface area contributed by atoms with Crippen LogP contribution in [0.15, 0.2) is 18.5 Å². The number of hydrogen-bond acceptors (Lipinski definition) is 3. The third-order valence-electron chi connectivity index (χ3n) is 3.66. The highest BCUT2D eigenvalue weighted by molar-refractivity contribution is 5.51. The van der Waals surface area contributed by atoms with E-state index in [1.165, 1.54) is 43.5 Å². The molecule has 2 rings (SSSR count). The van der Waals surface area contributed by atoms with Gasteiger partial charge < -0.3 is 10.2 Å². The lowest BCUT2D eigenvalue weighted by molar-refractivity contribution is 0.546. The van der Waals surface area contributed by atoms with Crippen molar-refractivity contribution in [3.63, 3.8) is 0 Å². The van der Waals surface area contributed by atoms with Crippen LogP contribution in [-0.4, -0.2) is 25.6 Å². The van der Waals surface area contributed by atoms with E-state index in [-0.39, 0.29) is 0 Å². The van der Waals surface area contributed by atoms with Gasteiger partial charge in [-0.15, -0.1) is 0 Å². The Morgan fingerprint density at radius 3 is 2.88 bits per heavy atom. The molecule has 0 spiro atoms. The van der Waals surface area contributed by atoms with Crippen LogP contribution >= 0.6 is 0 Å². The lowest BCUT2D eigenvalue weighted by Gasteiger charge is -2.25. The highest BCUT2D eigenvalue weighted by Gasteiger charge is 2.18. The van der Waals surface area contributed by atoms with E-state index in [0.29, 0.717) is 0 Å². The molecule has 1 aliphatic carbocycles. The van der Waals surface area contributed by atoms with Gasteiger partial charge in [-0.25, -0.2) is 0 Å². The number of hydrogen-bond donors (Lipinski definition) is 1. The number of pyridine rings is 1. The molecule has 0 amide bonds. The topological polar surface area (TPSA) is 28.2 Å². The molecule has 1 heterocycles. The standard InChI is InChI=1S/C14H23N3/c1-15-9-13-10-16-8-7-14(13)17(2)11-12-5-3-4-6-12/h7-8,10,12,15H,3-6,9,11H2,1-2H3. The zero-order valence-corrected chi connectivity index (χ0v) is 10.9. The normalized spacial score (nSPS) is 16.4. The zero-order chi connectivity index (χ0) is 12.1. The summed E-state index contributed by atoms with van der Waals surface area (Å²) in [6.45, 7) is 2.07. The van der Waals surface area contributed by atoms with Crippen LogP contribution in [0.1, 0.15) is 31.2 Å². The summed E-state index contributed by atoms with van der Waals surface area (Å²) < 4.78 is 0. The van der Waals surface area contributed by atoms with Crippen LogP contribution < -0.4 is 10.2 Å². The molecule has 0 aromatic carbocycles. The molecule has 1 aliphatic rings. The minimum absolute atomic E-state index is 0.885. The van der Waals surface area contributed by atoms with Crippen LogP contribution in [0.25, 0.3) is 0 Å². The van der Waals surface area contributed by atoms with Crippen molar-refractivity contribution in [1.29, 1.82) is 0 Å². The molecule has 0 aliphatic heterocycles. The van der Waals surface area contributed by atoms with Gasteiger partial charge in [-0.1, -0.05) is 12.8 Å². The Balaban J connectivity index is 2.03. The molecule has 1 saturated carbocycles. The predicted molar refractivity (Wildman–Crippen MR) is 72.2 cm³/mol. The quantitative estimate of drug-likeness (QED) is 0.846. The third kappa shape index (κ3) is 3.19. The Hall–Kier alpha value is -1.09. The molecule has 0 saturated heterocycles. The number of rotatable bonds is 5. The lowest BCUT2D eigenvalue weighted by atomic mass is 10.1. The van der Waals surface area contributed by atoms with Gasteiger partial charge in [0, 0.05) is 43.8 Å². The molecule has 0 bridgehead atoms. The highest BCUT2D eigenvalue weighted by atomic mass is 15.1. The Bertz CT molecular complexity index is 345. The first kappa shape index (κ1) is 12.4. The Morgan fingerprint density at radius 1 is 1.41 bits per heavy atom. The van der Waals surface area contributed by atoms with Gasteiger partial charge in [0.2, 0.25) is 0 Å². The Labute approximate surface area is 104 Å². The highest BCUT2D eigenvalue weighted by Crippen LogP contribution is 2.27. The monoisotopic (exact) mass is 233 g/mol. The second kappa shape index (κ2) is 6.01. The van der Waals surface area contributed by atoms with Gasteiger partial charge in [-0.2, -0.15) is 0 Å². The summed E-state index contributed by atoms with van der Waals surface area (Å²) in [5.74, 6) is 0.885. The SMILES string of the molecule is CNCc1cnccc1N(C)CC1CCCC1. The van der Waals surface area contributed by atoms with Crippen LogP contribution in [0.3, 0.4) is 0 Å². The van der Waals surface area contributed by atoms with Crippen molar-refractivity contribution < 1.29 is 0 Å². The fraction of sp³-hybridized carbons (Fsp3) is 0.643. The van der Waals surface area contributed by atoms with E-state index in [2.05, 4.69) is 28.3 Å². The molecular formula is C14H23N3. The first-order valence-electron chi connectivity index (χ1n) is 6.60. The van der Waals surface area contributed by atoms with Gasteiger partial charge in [0.1, 0.15) is 0 Å². The molecule has 0 atom stereocenters. The minimum Gasteiger partial charge on any atom is -0.374 e. The maximum absolute atomic E-state index is 4.21. The smallest absolute Gasteiger partial charge is 0.0440 e. The van der Waals surface area contributed by atoms with E-state index in [1.807, 2.05) is 19.4 Å². The van der Waals surface area contributed by atoms with Crippen molar-refractivity contribution in [2.45, 2.75) is 32.2 Å². The summed E-state index contributed by atoms with van der Waals surface area (Å²) in [5, 5.41) is 3.21. The molecule has 17 heavy (non-hydrogen) atoms. The Kier molecular flexibility index (Phi) is 4.37. The maximum atomic E-state index is 4.21. The van der Waals surface area contributed by atoms with Crippen molar-refractivity contribution in [3.05, 3.63) is 24.0 Å². The number of nitrogens with zero attached hydrogens (tertiary/aromatic N) is 2. The van der Waals surface area contributed by atoms with E-state index in [9.17, 15) is 0 Å². The van der Waals surface area contributed by atoms with Crippen molar-refractivity contribution in [1.82, 2.24) is 10.3 Å². The predicted octanol–water partition coefficient (Wildman–Crippen LogP) is 2.43. The van der Waals surface area contributed by atoms with Gasteiger partial charge in [-0.3, -0.25) is 4.98 Å². The van der Waals surface area contributed by atoms with Gasteiger partial charge in [0.15, 0.2) is 0 Å². The first-order chi connectivity index (χ1) is 8.31. The average molecular weight is 233 g/mol. The zero-order valence-electron chi connectivity index (χ0n) is 10.9. The van der Waals surface area contributed by atoms with Crippen molar-refractivity contribution in [3.8, 4) is 0 Å². The van der Waals surface area contributed by atoms with E-state index in [1.54, 1.807) is 0 Å². The largest absolute Gasteiger partial charge is 0.374 e. The number of anilines is 1. The van der Waals surface area contributed by atoms with Crippen LogP contribution in [-0.2, 0) is 6.54 Å². The molecule has 0 unspecified atom stereocenters. The summed E-state index contributed by atoms with van der Waals surface area (Å²) in [4.78, 5) is 6.60. The molecule has 94 valence electrons. The van der Waals surface area contributed by atoms with Crippen LogP contribution in [0, 0.1) is 5.92 Å². The third-order valence-corrected chi connectivity index (χ3v) is 3.66. The van der Waals surface area contributed by atoms with Crippen molar-refractivity contribution >= 4 is 5.69 Å². The lowest BCUT2D eigenvalue weighted by Crippen LogP contribution is -2.25. The van der Waals surface area contributed by atoms with Crippen LogP contribution in [0.5, 0.6) is 0 Å². The molecule has 3 heteroatoms. The van der Waals surface area contributed by atoms with E-state index < -0.39 is 0 Å². The van der Waals surface area contributed by atoms with E-state index in [4.69, 9.17) is 0 Å². The van der Waals surface area contributed by atoms with Gasteiger partial charge in [-0.05, 0) is 31.9 Å². The number of aromatic nitrogens is 1. The molecule has 1 fully saturated rings. The van der Waals surface area contributed by atoms with Gasteiger partial charge in [0.05, 0.1) is 0 Å². The summed E-state index contributed by atoms with van der Waals surface area (Å²) in [5.41, 5.74) is 2.61. The molecule has 1 N–H and O–H groups in total. The van der Waals surface area contributed by atoms with Crippen molar-refractivity contribution in [2.75, 3.05) is 25.5 Å². The summed E-state index contributed by atoms with van der Waals surface area (Å²) in [7, 11) is 4.18. The molecule has 0 radical (unpaired) electrons. The van der Waals surface area contributed by atoms with E-state index >= 15 is 0 Å². The minimum atomic E-state index is 0.885. The average Bonchev–Trinajstić information content (AvgIpc) is 2.83.